The highest BCUT2D eigenvalue weighted by atomic mass is 35.5. The van der Waals surface area contributed by atoms with E-state index in [1.54, 1.807) is 30.3 Å². The number of carbonyl (C=O) groups is 2. The van der Waals surface area contributed by atoms with Crippen molar-refractivity contribution in [3.8, 4) is 0 Å². The fourth-order valence-corrected chi connectivity index (χ4v) is 3.43. The van der Waals surface area contributed by atoms with E-state index in [0.717, 1.165) is 16.8 Å². The molecular formula is C24H22ClN3O2S. The number of thiocarbonyl (C=S) groups is 1. The Morgan fingerprint density at radius 1 is 0.903 bits per heavy atom. The van der Waals surface area contributed by atoms with Crippen LogP contribution in [0.4, 0.5) is 11.4 Å². The molecule has 31 heavy (non-hydrogen) atoms. The predicted molar refractivity (Wildman–Crippen MR) is 130 cm³/mol. The van der Waals surface area contributed by atoms with Gasteiger partial charge in [0.2, 0.25) is 5.91 Å². The molecule has 0 aromatic heterocycles. The highest BCUT2D eigenvalue weighted by molar-refractivity contribution is 7.80. The first-order valence-corrected chi connectivity index (χ1v) is 10.5. The topological polar surface area (TPSA) is 70.2 Å². The first-order valence-electron chi connectivity index (χ1n) is 9.73. The molecule has 3 N–H and O–H groups in total. The van der Waals surface area contributed by atoms with Gasteiger partial charge in [0.1, 0.15) is 0 Å². The molecule has 3 rings (SSSR count). The molecule has 0 spiro atoms. The van der Waals surface area contributed by atoms with Crippen molar-refractivity contribution in [2.45, 2.75) is 19.8 Å². The molecule has 0 saturated carbocycles. The Kier molecular flexibility index (Phi) is 7.76. The summed E-state index contributed by atoms with van der Waals surface area (Å²) >= 11 is 11.3. The van der Waals surface area contributed by atoms with E-state index in [0.29, 0.717) is 22.7 Å². The van der Waals surface area contributed by atoms with E-state index in [-0.39, 0.29) is 23.3 Å². The summed E-state index contributed by atoms with van der Waals surface area (Å²) < 4.78 is 0. The molecule has 0 aliphatic heterocycles. The van der Waals surface area contributed by atoms with Crippen LogP contribution in [0, 0.1) is 6.92 Å². The maximum Gasteiger partial charge on any atom is 0.255 e. The molecule has 0 atom stereocenters. The number of benzene rings is 3. The maximum absolute atomic E-state index is 12.5. The van der Waals surface area contributed by atoms with Crippen LogP contribution in [0.25, 0.3) is 0 Å². The highest BCUT2D eigenvalue weighted by Crippen LogP contribution is 2.17. The second kappa shape index (κ2) is 10.7. The largest absolute Gasteiger partial charge is 0.332 e. The molecule has 2 amide bonds. The van der Waals surface area contributed by atoms with Crippen LogP contribution in [0.5, 0.6) is 0 Å². The number of rotatable bonds is 6. The van der Waals surface area contributed by atoms with Crippen LogP contribution >= 0.6 is 23.8 Å². The number of hydrogen-bond donors (Lipinski definition) is 3. The molecule has 0 heterocycles. The van der Waals surface area contributed by atoms with E-state index in [1.165, 1.54) is 0 Å². The lowest BCUT2D eigenvalue weighted by Crippen LogP contribution is -2.34. The van der Waals surface area contributed by atoms with Crippen LogP contribution in [0.1, 0.15) is 27.9 Å². The number of hydrogen-bond acceptors (Lipinski definition) is 3. The molecule has 0 unspecified atom stereocenters. The van der Waals surface area contributed by atoms with Gasteiger partial charge in [-0.1, -0.05) is 48.0 Å². The third kappa shape index (κ3) is 6.91. The Balaban J connectivity index is 1.53. The first kappa shape index (κ1) is 22.5. The lowest BCUT2D eigenvalue weighted by molar-refractivity contribution is -0.119. The van der Waals surface area contributed by atoms with Gasteiger partial charge in [-0.15, -0.1) is 0 Å². The predicted octanol–water partition coefficient (Wildman–Crippen LogP) is 5.35. The minimum atomic E-state index is -0.232. The second-order valence-electron chi connectivity index (χ2n) is 7.00. The van der Waals surface area contributed by atoms with Crippen LogP contribution in [0.3, 0.4) is 0 Å². The molecule has 3 aromatic rings. The standard InChI is InChI=1S/C24H22ClN3O2S/c1-16-6-4-9-19(14-16)26-23(30)18-8-5-10-20(15-18)27-24(31)28-22(29)13-12-17-7-2-3-11-21(17)25/h2-11,14-15H,12-13H2,1H3,(H,26,30)(H2,27,28,29,31). The minimum Gasteiger partial charge on any atom is -0.332 e. The molecule has 5 nitrogen and oxygen atoms in total. The van der Waals surface area contributed by atoms with Crippen molar-refractivity contribution in [3.63, 3.8) is 0 Å². The van der Waals surface area contributed by atoms with Gasteiger partial charge in [0.05, 0.1) is 0 Å². The van der Waals surface area contributed by atoms with Gasteiger partial charge in [0.15, 0.2) is 5.11 Å². The lowest BCUT2D eigenvalue weighted by atomic mass is 10.1. The first-order chi connectivity index (χ1) is 14.9. The minimum absolute atomic E-state index is 0.167. The Bertz CT molecular complexity index is 1120. The molecule has 0 aliphatic rings. The van der Waals surface area contributed by atoms with E-state index in [1.807, 2.05) is 49.4 Å². The summed E-state index contributed by atoms with van der Waals surface area (Å²) in [6.45, 7) is 1.96. The van der Waals surface area contributed by atoms with Crippen LogP contribution in [0.15, 0.2) is 72.8 Å². The van der Waals surface area contributed by atoms with E-state index in [4.69, 9.17) is 23.8 Å². The number of carbonyl (C=O) groups excluding carboxylic acids is 2. The molecule has 0 fully saturated rings. The average Bonchev–Trinajstić information content (AvgIpc) is 2.73. The molecular weight excluding hydrogens is 430 g/mol. The van der Waals surface area contributed by atoms with Crippen LogP contribution in [0.2, 0.25) is 5.02 Å². The van der Waals surface area contributed by atoms with Gasteiger partial charge in [0.25, 0.3) is 5.91 Å². The Hall–Kier alpha value is -3.22. The number of nitrogens with one attached hydrogen (secondary N) is 3. The monoisotopic (exact) mass is 451 g/mol. The van der Waals surface area contributed by atoms with Crippen molar-refractivity contribution in [1.82, 2.24) is 5.32 Å². The van der Waals surface area contributed by atoms with Crippen molar-refractivity contribution in [3.05, 3.63) is 94.5 Å². The Morgan fingerprint density at radius 3 is 2.35 bits per heavy atom. The smallest absolute Gasteiger partial charge is 0.255 e. The molecule has 0 aliphatic carbocycles. The Morgan fingerprint density at radius 2 is 1.61 bits per heavy atom. The van der Waals surface area contributed by atoms with Gasteiger partial charge in [-0.3, -0.25) is 9.59 Å². The van der Waals surface area contributed by atoms with Crippen LogP contribution < -0.4 is 16.0 Å². The zero-order valence-corrected chi connectivity index (χ0v) is 18.5. The quantitative estimate of drug-likeness (QED) is 0.442. The molecule has 3 aromatic carbocycles. The van der Waals surface area contributed by atoms with Crippen LogP contribution in [-0.2, 0) is 11.2 Å². The van der Waals surface area contributed by atoms with Crippen molar-refractivity contribution >= 4 is 52.1 Å². The summed E-state index contributed by atoms with van der Waals surface area (Å²) in [6.07, 6.45) is 0.771. The molecule has 0 radical (unpaired) electrons. The average molecular weight is 452 g/mol. The third-order valence-electron chi connectivity index (χ3n) is 4.49. The summed E-state index contributed by atoms with van der Waals surface area (Å²) in [5, 5.41) is 9.27. The van der Waals surface area contributed by atoms with Crippen molar-refractivity contribution in [1.29, 1.82) is 0 Å². The molecule has 7 heteroatoms. The fourth-order valence-electron chi connectivity index (χ4n) is 2.97. The third-order valence-corrected chi connectivity index (χ3v) is 5.06. The Labute approximate surface area is 191 Å². The number of aryl methyl sites for hydroxylation is 2. The summed E-state index contributed by atoms with van der Waals surface area (Å²) in [7, 11) is 0. The van der Waals surface area contributed by atoms with Gasteiger partial charge in [-0.05, 0) is 73.1 Å². The molecule has 0 saturated heterocycles. The van der Waals surface area contributed by atoms with Gasteiger partial charge in [0, 0.05) is 28.4 Å². The van der Waals surface area contributed by atoms with Crippen molar-refractivity contribution < 1.29 is 9.59 Å². The normalized spacial score (nSPS) is 10.3. The van der Waals surface area contributed by atoms with Crippen LogP contribution in [-0.4, -0.2) is 16.9 Å². The summed E-state index contributed by atoms with van der Waals surface area (Å²) in [5.74, 6) is -0.449. The van der Waals surface area contributed by atoms with Gasteiger partial charge in [-0.2, -0.15) is 0 Å². The van der Waals surface area contributed by atoms with Gasteiger partial charge < -0.3 is 16.0 Å². The van der Waals surface area contributed by atoms with E-state index < -0.39 is 0 Å². The zero-order valence-electron chi connectivity index (χ0n) is 16.9. The fraction of sp³-hybridized carbons (Fsp3) is 0.125. The van der Waals surface area contributed by atoms with E-state index in [2.05, 4.69) is 16.0 Å². The highest BCUT2D eigenvalue weighted by Gasteiger charge is 2.10. The number of anilines is 2. The number of halogens is 1. The number of amides is 2. The van der Waals surface area contributed by atoms with Crippen molar-refractivity contribution in [2.24, 2.45) is 0 Å². The zero-order chi connectivity index (χ0) is 22.2. The van der Waals surface area contributed by atoms with Crippen molar-refractivity contribution in [2.75, 3.05) is 10.6 Å². The SMILES string of the molecule is Cc1cccc(NC(=O)c2cccc(NC(=S)NC(=O)CCc3ccccc3Cl)c2)c1. The van der Waals surface area contributed by atoms with Gasteiger partial charge >= 0.3 is 0 Å². The summed E-state index contributed by atoms with van der Waals surface area (Å²) in [4.78, 5) is 24.7. The summed E-state index contributed by atoms with van der Waals surface area (Å²) in [6, 6.07) is 21.9. The van der Waals surface area contributed by atoms with E-state index >= 15 is 0 Å². The molecule has 0 bridgehead atoms. The maximum atomic E-state index is 12.5. The molecule has 158 valence electrons. The second-order valence-corrected chi connectivity index (χ2v) is 7.81. The summed E-state index contributed by atoms with van der Waals surface area (Å²) in [5.41, 5.74) is 3.77. The van der Waals surface area contributed by atoms with E-state index in [9.17, 15) is 9.59 Å². The lowest BCUT2D eigenvalue weighted by Gasteiger charge is -2.11. The van der Waals surface area contributed by atoms with Gasteiger partial charge in [-0.25, -0.2) is 0 Å².